The van der Waals surface area contributed by atoms with Crippen molar-refractivity contribution < 1.29 is 26.5 Å². The maximum Gasteiger partial charge on any atom is 0.416 e. The lowest BCUT2D eigenvalue weighted by molar-refractivity contribution is -0.385. The third-order valence-corrected chi connectivity index (χ3v) is 5.20. The van der Waals surface area contributed by atoms with Gasteiger partial charge in [0.25, 0.3) is 5.69 Å². The fraction of sp³-hybridized carbons (Fsp3) is 0.200. The Morgan fingerprint density at radius 3 is 2.36 bits per heavy atom. The van der Waals surface area contributed by atoms with Crippen LogP contribution in [0, 0.1) is 10.1 Å². The van der Waals surface area contributed by atoms with E-state index < -0.39 is 32.4 Å². The minimum atomic E-state index is -4.53. The van der Waals surface area contributed by atoms with Crippen LogP contribution in [0.25, 0.3) is 0 Å². The standard InChI is InChI=1S/C15H13F3N2O4S/c1-19(10-11-4-2-5-12(8-11)15(16,17)18)25(23,24)14-7-3-6-13(9-14)20(21)22/h2-9H,10H2,1H3. The average molecular weight is 374 g/mol. The molecule has 2 aromatic rings. The third-order valence-electron chi connectivity index (χ3n) is 3.40. The first kappa shape index (κ1) is 18.9. The number of sulfonamides is 1. The summed E-state index contributed by atoms with van der Waals surface area (Å²) < 4.78 is 64.0. The number of hydrogen-bond acceptors (Lipinski definition) is 4. The van der Waals surface area contributed by atoms with Crippen molar-refractivity contribution in [2.45, 2.75) is 17.6 Å². The van der Waals surface area contributed by atoms with Crippen molar-refractivity contribution in [2.24, 2.45) is 0 Å². The van der Waals surface area contributed by atoms with Gasteiger partial charge in [-0.2, -0.15) is 17.5 Å². The summed E-state index contributed by atoms with van der Waals surface area (Å²) >= 11 is 0. The van der Waals surface area contributed by atoms with Gasteiger partial charge in [0.15, 0.2) is 0 Å². The molecule has 0 saturated carbocycles. The fourth-order valence-corrected chi connectivity index (χ4v) is 3.32. The Hall–Kier alpha value is -2.46. The number of benzene rings is 2. The summed E-state index contributed by atoms with van der Waals surface area (Å²) in [7, 11) is -2.90. The molecule has 0 spiro atoms. The molecule has 0 aliphatic carbocycles. The van der Waals surface area contributed by atoms with Crippen molar-refractivity contribution in [2.75, 3.05) is 7.05 Å². The molecule has 2 aromatic carbocycles. The van der Waals surface area contributed by atoms with Crippen LogP contribution in [0.5, 0.6) is 0 Å². The van der Waals surface area contributed by atoms with Crippen LogP contribution in [0.1, 0.15) is 11.1 Å². The van der Waals surface area contributed by atoms with Crippen molar-refractivity contribution in [1.82, 2.24) is 4.31 Å². The normalized spacial score (nSPS) is 12.4. The van der Waals surface area contributed by atoms with E-state index in [1.54, 1.807) is 0 Å². The van der Waals surface area contributed by atoms with E-state index in [0.29, 0.717) is 0 Å². The van der Waals surface area contributed by atoms with E-state index in [1.807, 2.05) is 0 Å². The molecule has 0 aliphatic rings. The number of nitro groups is 1. The van der Waals surface area contributed by atoms with Crippen LogP contribution in [0.3, 0.4) is 0 Å². The van der Waals surface area contributed by atoms with Gasteiger partial charge in [0.1, 0.15) is 0 Å². The summed E-state index contributed by atoms with van der Waals surface area (Å²) in [5.74, 6) is 0. The number of nitrogens with zero attached hydrogens (tertiary/aromatic N) is 2. The maximum atomic E-state index is 12.7. The lowest BCUT2D eigenvalue weighted by atomic mass is 10.1. The molecule has 0 saturated heterocycles. The monoisotopic (exact) mass is 374 g/mol. The zero-order chi connectivity index (χ0) is 18.8. The van der Waals surface area contributed by atoms with Crippen LogP contribution >= 0.6 is 0 Å². The number of halogens is 3. The van der Waals surface area contributed by atoms with Crippen LogP contribution in [-0.4, -0.2) is 24.7 Å². The molecule has 0 atom stereocenters. The Balaban J connectivity index is 2.29. The summed E-state index contributed by atoms with van der Waals surface area (Å²) in [6.45, 7) is -0.311. The lowest BCUT2D eigenvalue weighted by Crippen LogP contribution is -2.26. The van der Waals surface area contributed by atoms with Crippen LogP contribution in [-0.2, 0) is 22.7 Å². The third kappa shape index (κ3) is 4.34. The van der Waals surface area contributed by atoms with Crippen LogP contribution in [0.2, 0.25) is 0 Å². The van der Waals surface area contributed by atoms with Crippen molar-refractivity contribution in [3.05, 3.63) is 69.8 Å². The summed E-state index contributed by atoms with van der Waals surface area (Å²) in [6.07, 6.45) is -4.53. The minimum absolute atomic E-state index is 0.145. The molecule has 0 heterocycles. The van der Waals surface area contributed by atoms with Crippen LogP contribution in [0.15, 0.2) is 53.4 Å². The number of hydrogen-bond donors (Lipinski definition) is 0. The summed E-state index contributed by atoms with van der Waals surface area (Å²) in [4.78, 5) is 9.72. The molecule has 134 valence electrons. The lowest BCUT2D eigenvalue weighted by Gasteiger charge is -2.18. The number of nitro benzene ring substituents is 1. The van der Waals surface area contributed by atoms with Gasteiger partial charge in [0.2, 0.25) is 10.0 Å². The van der Waals surface area contributed by atoms with E-state index in [2.05, 4.69) is 0 Å². The van der Waals surface area contributed by atoms with Crippen LogP contribution < -0.4 is 0 Å². The van der Waals surface area contributed by atoms with E-state index >= 15 is 0 Å². The van der Waals surface area contributed by atoms with Crippen molar-refractivity contribution in [3.8, 4) is 0 Å². The minimum Gasteiger partial charge on any atom is -0.258 e. The Morgan fingerprint density at radius 1 is 1.12 bits per heavy atom. The number of rotatable bonds is 5. The van der Waals surface area contributed by atoms with Gasteiger partial charge in [-0.15, -0.1) is 0 Å². The summed E-state index contributed by atoms with van der Waals surface area (Å²) in [5, 5.41) is 10.8. The smallest absolute Gasteiger partial charge is 0.258 e. The van der Waals surface area contributed by atoms with Gasteiger partial charge >= 0.3 is 6.18 Å². The zero-order valence-electron chi connectivity index (χ0n) is 12.9. The second kappa shape index (κ2) is 6.81. The highest BCUT2D eigenvalue weighted by molar-refractivity contribution is 7.89. The zero-order valence-corrected chi connectivity index (χ0v) is 13.7. The predicted octanol–water partition coefficient (Wildman–Crippen LogP) is 3.43. The van der Waals surface area contributed by atoms with Crippen LogP contribution in [0.4, 0.5) is 18.9 Å². The quantitative estimate of drug-likeness (QED) is 0.593. The van der Waals surface area contributed by atoms with E-state index in [0.717, 1.165) is 28.6 Å². The van der Waals surface area contributed by atoms with Gasteiger partial charge in [0, 0.05) is 25.7 Å². The SMILES string of the molecule is CN(Cc1cccc(C(F)(F)F)c1)S(=O)(=O)c1cccc([N+](=O)[O-])c1. The largest absolute Gasteiger partial charge is 0.416 e. The molecule has 25 heavy (non-hydrogen) atoms. The second-order valence-electron chi connectivity index (χ2n) is 5.21. The highest BCUT2D eigenvalue weighted by Gasteiger charge is 2.31. The molecular weight excluding hydrogens is 361 g/mol. The van der Waals surface area contributed by atoms with Crippen molar-refractivity contribution in [3.63, 3.8) is 0 Å². The molecule has 6 nitrogen and oxygen atoms in total. The predicted molar refractivity (Wildman–Crippen MR) is 83.2 cm³/mol. The van der Waals surface area contributed by atoms with Crippen molar-refractivity contribution >= 4 is 15.7 Å². The Bertz CT molecular complexity index is 898. The van der Waals surface area contributed by atoms with Gasteiger partial charge in [-0.3, -0.25) is 10.1 Å². The molecule has 10 heteroatoms. The molecule has 0 unspecified atom stereocenters. The summed E-state index contributed by atoms with van der Waals surface area (Å²) in [6, 6.07) is 8.76. The maximum absolute atomic E-state index is 12.7. The number of alkyl halides is 3. The van der Waals surface area contributed by atoms with E-state index in [9.17, 15) is 31.7 Å². The molecule has 0 N–H and O–H groups in total. The van der Waals surface area contributed by atoms with Gasteiger partial charge < -0.3 is 0 Å². The molecule has 0 aromatic heterocycles. The summed E-state index contributed by atoms with van der Waals surface area (Å²) in [5.41, 5.74) is -1.13. The molecule has 0 radical (unpaired) electrons. The first-order chi connectivity index (χ1) is 11.5. The Labute approximate surface area is 141 Å². The molecule has 0 fully saturated rings. The average Bonchev–Trinajstić information content (AvgIpc) is 2.54. The molecule has 2 rings (SSSR count). The van der Waals surface area contributed by atoms with Gasteiger partial charge in [-0.25, -0.2) is 8.42 Å². The molecule has 0 amide bonds. The molecule has 0 aliphatic heterocycles. The van der Waals surface area contributed by atoms with Crippen molar-refractivity contribution in [1.29, 1.82) is 0 Å². The number of non-ortho nitro benzene ring substituents is 1. The first-order valence-electron chi connectivity index (χ1n) is 6.89. The van der Waals surface area contributed by atoms with Gasteiger partial charge in [0.05, 0.1) is 15.4 Å². The van der Waals surface area contributed by atoms with Gasteiger partial charge in [-0.1, -0.05) is 24.3 Å². The highest BCUT2D eigenvalue weighted by atomic mass is 32.2. The van der Waals surface area contributed by atoms with Gasteiger partial charge in [-0.05, 0) is 17.7 Å². The molecule has 0 bridgehead atoms. The second-order valence-corrected chi connectivity index (χ2v) is 7.26. The van der Waals surface area contributed by atoms with E-state index in [1.165, 1.54) is 31.3 Å². The Kier molecular flexibility index (Phi) is 5.14. The molecular formula is C15H13F3N2O4S. The topological polar surface area (TPSA) is 80.5 Å². The van der Waals surface area contributed by atoms with E-state index in [-0.39, 0.29) is 17.0 Å². The highest BCUT2D eigenvalue weighted by Crippen LogP contribution is 2.30. The van der Waals surface area contributed by atoms with E-state index in [4.69, 9.17) is 0 Å². The first-order valence-corrected chi connectivity index (χ1v) is 8.33. The fourth-order valence-electron chi connectivity index (χ4n) is 2.13. The Morgan fingerprint density at radius 2 is 1.76 bits per heavy atom.